The van der Waals surface area contributed by atoms with Crippen LogP contribution in [-0.2, 0) is 4.74 Å². The van der Waals surface area contributed by atoms with Gasteiger partial charge in [0.15, 0.2) is 0 Å². The number of alkyl carbamates (subject to hydrolysis) is 1. The summed E-state index contributed by atoms with van der Waals surface area (Å²) in [6, 6.07) is 9.03. The van der Waals surface area contributed by atoms with E-state index in [9.17, 15) is 19.3 Å². The highest BCUT2D eigenvalue weighted by Crippen LogP contribution is 2.29. The Balaban J connectivity index is 1.61. The molecule has 1 amide bonds. The molecule has 0 aliphatic carbocycles. The number of hydrogen-bond donors (Lipinski definition) is 2. The van der Waals surface area contributed by atoms with E-state index in [1.165, 1.54) is 12.1 Å². The molecule has 2 unspecified atom stereocenters. The number of pyridine rings is 1. The van der Waals surface area contributed by atoms with Gasteiger partial charge in [0.2, 0.25) is 5.82 Å². The number of nitro groups is 1. The number of piperidine rings is 1. The fraction of sp³-hybridized carbons (Fsp3) is 0.429. The number of aromatic nitrogens is 1. The lowest BCUT2D eigenvalue weighted by Gasteiger charge is -2.36. The van der Waals surface area contributed by atoms with Gasteiger partial charge in [0.1, 0.15) is 16.9 Å². The molecule has 0 bridgehead atoms. The molecular weight excluding hydrogens is 441 g/mol. The molecule has 32 heavy (non-hydrogen) atoms. The Kier molecular flexibility index (Phi) is 7.02. The predicted molar refractivity (Wildman–Crippen MR) is 121 cm³/mol. The first kappa shape index (κ1) is 23.5. The summed E-state index contributed by atoms with van der Waals surface area (Å²) in [6.07, 6.45) is -1.45. The number of nitrogens with one attached hydrogen (secondary N) is 2. The largest absolute Gasteiger partial charge is 0.444 e. The highest BCUT2D eigenvalue weighted by molar-refractivity contribution is 6.29. The van der Waals surface area contributed by atoms with Crippen molar-refractivity contribution in [2.24, 2.45) is 0 Å². The third-order valence-electron chi connectivity index (χ3n) is 4.78. The van der Waals surface area contributed by atoms with Crippen LogP contribution in [0.5, 0.6) is 0 Å². The van der Waals surface area contributed by atoms with E-state index in [0.717, 1.165) is 5.69 Å². The van der Waals surface area contributed by atoms with Crippen LogP contribution >= 0.6 is 11.6 Å². The Morgan fingerprint density at radius 2 is 1.97 bits per heavy atom. The predicted octanol–water partition coefficient (Wildman–Crippen LogP) is 4.83. The Morgan fingerprint density at radius 1 is 1.28 bits per heavy atom. The van der Waals surface area contributed by atoms with Crippen molar-refractivity contribution >= 4 is 40.6 Å². The molecule has 1 aromatic heterocycles. The summed E-state index contributed by atoms with van der Waals surface area (Å²) in [5.41, 5.74) is 0.526. The van der Waals surface area contributed by atoms with Gasteiger partial charge in [-0.15, -0.1) is 0 Å². The number of nitrogens with zero attached hydrogens (tertiary/aromatic N) is 3. The molecule has 0 radical (unpaired) electrons. The second-order valence-corrected chi connectivity index (χ2v) is 8.82. The number of carbonyl (C=O) groups is 1. The monoisotopic (exact) mass is 465 g/mol. The van der Waals surface area contributed by atoms with Crippen molar-refractivity contribution in [1.29, 1.82) is 0 Å². The van der Waals surface area contributed by atoms with Gasteiger partial charge in [0.05, 0.1) is 17.5 Å². The standard InChI is InChI=1S/C21H25ClFN5O4/c1-21(2,3)32-20(29)25-16-10-11-27(12-15(16)23)14-6-4-13(5-7-14)24-19-17(28(30)31)8-9-18(22)26-19/h4-9,15-16H,10-12H2,1-3H3,(H,24,26)(H,25,29). The summed E-state index contributed by atoms with van der Waals surface area (Å²) >= 11 is 5.85. The lowest BCUT2D eigenvalue weighted by atomic mass is 10.0. The Morgan fingerprint density at radius 3 is 2.56 bits per heavy atom. The number of carbonyl (C=O) groups excluding carboxylic acids is 1. The molecule has 1 fully saturated rings. The van der Waals surface area contributed by atoms with Crippen LogP contribution in [0.3, 0.4) is 0 Å². The molecule has 1 aliphatic rings. The van der Waals surface area contributed by atoms with Crippen molar-refractivity contribution in [2.75, 3.05) is 23.3 Å². The molecule has 3 rings (SSSR count). The molecule has 172 valence electrons. The number of amides is 1. The minimum Gasteiger partial charge on any atom is -0.444 e. The molecule has 2 atom stereocenters. The third-order valence-corrected chi connectivity index (χ3v) is 4.99. The molecule has 1 aromatic carbocycles. The van der Waals surface area contributed by atoms with Crippen molar-refractivity contribution in [2.45, 2.75) is 45.0 Å². The number of rotatable bonds is 5. The van der Waals surface area contributed by atoms with E-state index >= 15 is 0 Å². The average Bonchev–Trinajstić information content (AvgIpc) is 2.68. The van der Waals surface area contributed by atoms with Crippen molar-refractivity contribution < 1.29 is 18.8 Å². The number of benzene rings is 1. The quantitative estimate of drug-likeness (QED) is 0.369. The average molecular weight is 466 g/mol. The number of halogens is 2. The fourth-order valence-electron chi connectivity index (χ4n) is 3.32. The van der Waals surface area contributed by atoms with Crippen LogP contribution in [0.4, 0.5) is 32.1 Å². The van der Waals surface area contributed by atoms with Crippen LogP contribution in [0.1, 0.15) is 27.2 Å². The number of anilines is 3. The van der Waals surface area contributed by atoms with Gasteiger partial charge in [0.25, 0.3) is 0 Å². The van der Waals surface area contributed by atoms with Crippen LogP contribution in [-0.4, -0.2) is 46.9 Å². The van der Waals surface area contributed by atoms with Gasteiger partial charge in [-0.3, -0.25) is 10.1 Å². The number of ether oxygens (including phenoxy) is 1. The van der Waals surface area contributed by atoms with E-state index in [2.05, 4.69) is 15.6 Å². The molecule has 9 nitrogen and oxygen atoms in total. The first-order valence-corrected chi connectivity index (χ1v) is 10.5. The maximum atomic E-state index is 14.7. The first-order chi connectivity index (χ1) is 15.0. The van der Waals surface area contributed by atoms with Gasteiger partial charge in [-0.25, -0.2) is 14.2 Å². The number of hydrogen-bond acceptors (Lipinski definition) is 7. The van der Waals surface area contributed by atoms with Crippen LogP contribution in [0.25, 0.3) is 0 Å². The lowest BCUT2D eigenvalue weighted by molar-refractivity contribution is -0.384. The number of alkyl halides is 1. The Labute approximate surface area is 190 Å². The highest BCUT2D eigenvalue weighted by Gasteiger charge is 2.31. The molecule has 0 saturated carbocycles. The third kappa shape index (κ3) is 6.19. The van der Waals surface area contributed by atoms with Crippen LogP contribution in [0.15, 0.2) is 36.4 Å². The normalized spacial score (nSPS) is 18.7. The van der Waals surface area contributed by atoms with Gasteiger partial charge < -0.3 is 20.3 Å². The van der Waals surface area contributed by atoms with Gasteiger partial charge in [-0.05, 0) is 57.5 Å². The Hall–Kier alpha value is -3.14. The van der Waals surface area contributed by atoms with Crippen molar-refractivity contribution in [3.63, 3.8) is 0 Å². The zero-order valence-electron chi connectivity index (χ0n) is 18.0. The van der Waals surface area contributed by atoms with E-state index in [0.29, 0.717) is 18.7 Å². The summed E-state index contributed by atoms with van der Waals surface area (Å²) in [4.78, 5) is 28.4. The maximum Gasteiger partial charge on any atom is 0.407 e. The van der Waals surface area contributed by atoms with Crippen molar-refractivity contribution in [1.82, 2.24) is 10.3 Å². The molecule has 0 spiro atoms. The van der Waals surface area contributed by atoms with Gasteiger partial charge in [0, 0.05) is 24.0 Å². The zero-order chi connectivity index (χ0) is 23.5. The zero-order valence-corrected chi connectivity index (χ0v) is 18.7. The SMILES string of the molecule is CC(C)(C)OC(=O)NC1CCN(c2ccc(Nc3nc(Cl)ccc3[N+](=O)[O-])cc2)CC1F. The first-order valence-electron chi connectivity index (χ1n) is 10.1. The second-order valence-electron chi connectivity index (χ2n) is 8.43. The van der Waals surface area contributed by atoms with Gasteiger partial charge in [-0.2, -0.15) is 0 Å². The van der Waals surface area contributed by atoms with E-state index in [1.807, 2.05) is 4.90 Å². The molecule has 2 heterocycles. The Bertz CT molecular complexity index is 983. The summed E-state index contributed by atoms with van der Waals surface area (Å²) in [6.45, 7) is 5.92. The lowest BCUT2D eigenvalue weighted by Crippen LogP contribution is -2.53. The fourth-order valence-corrected chi connectivity index (χ4v) is 3.47. The second kappa shape index (κ2) is 9.56. The summed E-state index contributed by atoms with van der Waals surface area (Å²) in [5.74, 6) is 0.0353. The van der Waals surface area contributed by atoms with E-state index < -0.39 is 28.8 Å². The molecule has 1 saturated heterocycles. The van der Waals surface area contributed by atoms with E-state index in [4.69, 9.17) is 16.3 Å². The van der Waals surface area contributed by atoms with E-state index in [-0.39, 0.29) is 23.2 Å². The minimum atomic E-state index is -1.26. The van der Waals surface area contributed by atoms with Crippen LogP contribution < -0.4 is 15.5 Å². The smallest absolute Gasteiger partial charge is 0.407 e. The van der Waals surface area contributed by atoms with Crippen molar-refractivity contribution in [3.05, 3.63) is 51.7 Å². The molecule has 2 aromatic rings. The summed E-state index contributed by atoms with van der Waals surface area (Å²) in [5, 5.41) is 16.8. The molecule has 1 aliphatic heterocycles. The maximum absolute atomic E-state index is 14.7. The molecule has 2 N–H and O–H groups in total. The topological polar surface area (TPSA) is 110 Å². The minimum absolute atomic E-state index is 0.0353. The molecule has 11 heteroatoms. The van der Waals surface area contributed by atoms with Gasteiger partial charge >= 0.3 is 11.8 Å². The van der Waals surface area contributed by atoms with Crippen molar-refractivity contribution in [3.8, 4) is 0 Å². The molecular formula is C21H25ClFN5O4. The van der Waals surface area contributed by atoms with Crippen LogP contribution in [0, 0.1) is 10.1 Å². The van der Waals surface area contributed by atoms with Gasteiger partial charge in [-0.1, -0.05) is 11.6 Å². The van der Waals surface area contributed by atoms with E-state index in [1.54, 1.807) is 45.0 Å². The summed E-state index contributed by atoms with van der Waals surface area (Å²) in [7, 11) is 0. The highest BCUT2D eigenvalue weighted by atomic mass is 35.5. The van der Waals surface area contributed by atoms with Crippen LogP contribution in [0.2, 0.25) is 5.15 Å². The summed E-state index contributed by atoms with van der Waals surface area (Å²) < 4.78 is 19.9.